The molecule has 0 spiro atoms. The van der Waals surface area contributed by atoms with E-state index in [4.69, 9.17) is 16.3 Å². The number of ether oxygens (including phenoxy) is 1. The fourth-order valence-electron chi connectivity index (χ4n) is 2.61. The zero-order valence-corrected chi connectivity index (χ0v) is 14.5. The van der Waals surface area contributed by atoms with Gasteiger partial charge in [-0.25, -0.2) is 4.79 Å². The normalized spacial score (nSPS) is 10.5. The Bertz CT molecular complexity index is 783. The molecule has 0 bridgehead atoms. The Morgan fingerprint density at radius 1 is 1.38 bits per heavy atom. The van der Waals surface area contributed by atoms with Gasteiger partial charge in [-0.05, 0) is 37.6 Å². The van der Waals surface area contributed by atoms with Gasteiger partial charge in [-0.1, -0.05) is 11.6 Å². The summed E-state index contributed by atoms with van der Waals surface area (Å²) in [6.45, 7) is 4.21. The van der Waals surface area contributed by atoms with Crippen LogP contribution in [-0.4, -0.2) is 28.7 Å². The second-order valence-corrected chi connectivity index (χ2v) is 5.71. The Morgan fingerprint density at radius 2 is 2.08 bits per heavy atom. The molecule has 2 N–H and O–H groups in total. The van der Waals surface area contributed by atoms with Crippen LogP contribution in [-0.2, 0) is 17.8 Å². The molecule has 1 amide bonds. The van der Waals surface area contributed by atoms with Crippen molar-refractivity contribution in [3.8, 4) is 5.75 Å². The molecule has 24 heavy (non-hydrogen) atoms. The standard InChI is InChI=1S/C17H19ClN2O4/c1-4-20-9-10(2)16(17(22)23)13(20)8-15(21)19-11-5-6-14(24-3)12(18)7-11/h5-7,9H,4,8H2,1-3H3,(H,19,21)(H,22,23). The summed E-state index contributed by atoms with van der Waals surface area (Å²) in [5.41, 5.74) is 1.83. The second-order valence-electron chi connectivity index (χ2n) is 5.30. The van der Waals surface area contributed by atoms with E-state index in [0.29, 0.717) is 34.3 Å². The van der Waals surface area contributed by atoms with Crippen LogP contribution in [0.1, 0.15) is 28.5 Å². The number of halogens is 1. The van der Waals surface area contributed by atoms with Gasteiger partial charge in [0, 0.05) is 24.1 Å². The average molecular weight is 351 g/mol. The van der Waals surface area contributed by atoms with Crippen LogP contribution in [0.3, 0.4) is 0 Å². The molecule has 1 aromatic heterocycles. The van der Waals surface area contributed by atoms with E-state index in [9.17, 15) is 14.7 Å². The lowest BCUT2D eigenvalue weighted by molar-refractivity contribution is -0.115. The Balaban J connectivity index is 2.21. The van der Waals surface area contributed by atoms with Crippen LogP contribution in [0.5, 0.6) is 5.75 Å². The number of nitrogens with one attached hydrogen (secondary N) is 1. The molecule has 0 aliphatic rings. The maximum Gasteiger partial charge on any atom is 0.337 e. The highest BCUT2D eigenvalue weighted by Gasteiger charge is 2.21. The van der Waals surface area contributed by atoms with Crippen LogP contribution in [0.25, 0.3) is 0 Å². The van der Waals surface area contributed by atoms with Crippen molar-refractivity contribution in [2.75, 3.05) is 12.4 Å². The first kappa shape index (κ1) is 17.9. The molecule has 0 radical (unpaired) electrons. The van der Waals surface area contributed by atoms with Gasteiger partial charge in [0.25, 0.3) is 0 Å². The highest BCUT2D eigenvalue weighted by atomic mass is 35.5. The molecule has 6 nitrogen and oxygen atoms in total. The van der Waals surface area contributed by atoms with E-state index in [1.165, 1.54) is 7.11 Å². The molecule has 2 rings (SSSR count). The lowest BCUT2D eigenvalue weighted by Gasteiger charge is -2.10. The number of carbonyl (C=O) groups excluding carboxylic acids is 1. The zero-order chi connectivity index (χ0) is 17.9. The largest absolute Gasteiger partial charge is 0.495 e. The zero-order valence-electron chi connectivity index (χ0n) is 13.7. The van der Waals surface area contributed by atoms with Crippen molar-refractivity contribution in [1.82, 2.24) is 4.57 Å². The molecule has 0 aliphatic carbocycles. The van der Waals surface area contributed by atoms with Gasteiger partial charge in [0.2, 0.25) is 5.91 Å². The predicted molar refractivity (Wildman–Crippen MR) is 92.1 cm³/mol. The molecule has 7 heteroatoms. The van der Waals surface area contributed by atoms with Gasteiger partial charge in [-0.2, -0.15) is 0 Å². The molecule has 1 heterocycles. The number of carbonyl (C=O) groups is 2. The molecule has 0 aliphatic heterocycles. The Labute approximate surface area is 145 Å². The van der Waals surface area contributed by atoms with Crippen LogP contribution in [0.15, 0.2) is 24.4 Å². The Morgan fingerprint density at radius 3 is 2.62 bits per heavy atom. The van der Waals surface area contributed by atoms with E-state index < -0.39 is 5.97 Å². The lowest BCUT2D eigenvalue weighted by atomic mass is 10.1. The van der Waals surface area contributed by atoms with Crippen molar-refractivity contribution < 1.29 is 19.4 Å². The Hall–Kier alpha value is -2.47. The number of carboxylic acids is 1. The number of amides is 1. The number of aryl methyl sites for hydroxylation is 2. The van der Waals surface area contributed by atoms with E-state index in [0.717, 1.165) is 0 Å². The van der Waals surface area contributed by atoms with Crippen LogP contribution < -0.4 is 10.1 Å². The third kappa shape index (κ3) is 3.71. The molecular weight excluding hydrogens is 332 g/mol. The van der Waals surface area contributed by atoms with Crippen molar-refractivity contribution in [2.24, 2.45) is 0 Å². The third-order valence-corrected chi connectivity index (χ3v) is 3.99. The molecule has 0 unspecified atom stereocenters. The molecule has 0 saturated carbocycles. The van der Waals surface area contributed by atoms with Gasteiger partial charge in [0.05, 0.1) is 24.1 Å². The van der Waals surface area contributed by atoms with E-state index in [-0.39, 0.29) is 17.9 Å². The first-order chi connectivity index (χ1) is 11.4. The number of hydrogen-bond acceptors (Lipinski definition) is 3. The maximum absolute atomic E-state index is 12.3. The van der Waals surface area contributed by atoms with Gasteiger partial charge >= 0.3 is 5.97 Å². The number of nitrogens with zero attached hydrogens (tertiary/aromatic N) is 1. The van der Waals surface area contributed by atoms with E-state index in [2.05, 4.69) is 5.32 Å². The first-order valence-electron chi connectivity index (χ1n) is 7.42. The lowest BCUT2D eigenvalue weighted by Crippen LogP contribution is -2.18. The number of anilines is 1. The number of carboxylic acid groups (broad SMARTS) is 1. The highest BCUT2D eigenvalue weighted by Crippen LogP contribution is 2.27. The number of aromatic nitrogens is 1. The summed E-state index contributed by atoms with van der Waals surface area (Å²) in [6.07, 6.45) is 1.71. The summed E-state index contributed by atoms with van der Waals surface area (Å²) >= 11 is 6.03. The minimum Gasteiger partial charge on any atom is -0.495 e. The molecule has 1 aromatic carbocycles. The van der Waals surface area contributed by atoms with E-state index in [1.54, 1.807) is 35.9 Å². The van der Waals surface area contributed by atoms with Gasteiger partial charge in [-0.15, -0.1) is 0 Å². The van der Waals surface area contributed by atoms with Crippen molar-refractivity contribution in [2.45, 2.75) is 26.8 Å². The minimum absolute atomic E-state index is 0.0348. The predicted octanol–water partition coefficient (Wildman–Crippen LogP) is 3.36. The number of methoxy groups -OCH3 is 1. The van der Waals surface area contributed by atoms with Gasteiger partial charge in [0.1, 0.15) is 5.75 Å². The van der Waals surface area contributed by atoms with Crippen LogP contribution in [0.4, 0.5) is 5.69 Å². The van der Waals surface area contributed by atoms with Crippen molar-refractivity contribution in [1.29, 1.82) is 0 Å². The van der Waals surface area contributed by atoms with Crippen molar-refractivity contribution >= 4 is 29.2 Å². The van der Waals surface area contributed by atoms with Crippen LogP contribution in [0, 0.1) is 6.92 Å². The third-order valence-electron chi connectivity index (χ3n) is 3.70. The van der Waals surface area contributed by atoms with Gasteiger partial charge in [-0.3, -0.25) is 4.79 Å². The summed E-state index contributed by atoms with van der Waals surface area (Å²) in [5, 5.41) is 12.5. The van der Waals surface area contributed by atoms with E-state index >= 15 is 0 Å². The molecule has 0 atom stereocenters. The van der Waals surface area contributed by atoms with Crippen LogP contribution >= 0.6 is 11.6 Å². The maximum atomic E-state index is 12.3. The summed E-state index contributed by atoms with van der Waals surface area (Å²) < 4.78 is 6.84. The van der Waals surface area contributed by atoms with Gasteiger partial charge in [0.15, 0.2) is 0 Å². The first-order valence-corrected chi connectivity index (χ1v) is 7.80. The quantitative estimate of drug-likeness (QED) is 0.837. The number of hydrogen-bond donors (Lipinski definition) is 2. The topological polar surface area (TPSA) is 80.6 Å². The van der Waals surface area contributed by atoms with Gasteiger partial charge < -0.3 is 19.7 Å². The molecule has 0 saturated heterocycles. The smallest absolute Gasteiger partial charge is 0.337 e. The fraction of sp³-hybridized carbons (Fsp3) is 0.294. The number of rotatable bonds is 6. The minimum atomic E-state index is -1.03. The molecular formula is C17H19ClN2O4. The number of aromatic carboxylic acids is 1. The summed E-state index contributed by atoms with van der Waals surface area (Å²) in [6, 6.07) is 4.91. The van der Waals surface area contributed by atoms with Crippen molar-refractivity contribution in [3.63, 3.8) is 0 Å². The molecule has 128 valence electrons. The fourth-order valence-corrected chi connectivity index (χ4v) is 2.87. The average Bonchev–Trinajstić information content (AvgIpc) is 2.83. The van der Waals surface area contributed by atoms with Crippen LogP contribution in [0.2, 0.25) is 5.02 Å². The summed E-state index contributed by atoms with van der Waals surface area (Å²) in [7, 11) is 1.51. The monoisotopic (exact) mass is 350 g/mol. The molecule has 0 fully saturated rings. The number of benzene rings is 1. The SMILES string of the molecule is CCn1cc(C)c(C(=O)O)c1CC(=O)Nc1ccc(OC)c(Cl)c1. The molecule has 2 aromatic rings. The summed E-state index contributed by atoms with van der Waals surface area (Å²) in [4.78, 5) is 23.8. The Kier molecular flexibility index (Phi) is 5.51. The highest BCUT2D eigenvalue weighted by molar-refractivity contribution is 6.32. The summed E-state index contributed by atoms with van der Waals surface area (Å²) in [5.74, 6) is -0.833. The van der Waals surface area contributed by atoms with E-state index in [1.807, 2.05) is 6.92 Å². The second kappa shape index (κ2) is 7.40. The van der Waals surface area contributed by atoms with Crippen molar-refractivity contribution in [3.05, 3.63) is 46.2 Å².